The van der Waals surface area contributed by atoms with Crippen molar-refractivity contribution in [3.05, 3.63) is 75.6 Å². The van der Waals surface area contributed by atoms with Gasteiger partial charge in [-0.2, -0.15) is 0 Å². The molecule has 0 fully saturated rings. The Kier molecular flexibility index (Phi) is 5.38. The number of fused-ring (bicyclic) bond motifs is 2. The molecule has 0 radical (unpaired) electrons. The van der Waals surface area contributed by atoms with Crippen LogP contribution in [0, 0.1) is 0 Å². The summed E-state index contributed by atoms with van der Waals surface area (Å²) in [4.78, 5) is 28.2. The summed E-state index contributed by atoms with van der Waals surface area (Å²) in [6.45, 7) is 5.33. The van der Waals surface area contributed by atoms with Crippen LogP contribution in [-0.4, -0.2) is 24.0 Å². The molecule has 0 aliphatic carbocycles. The van der Waals surface area contributed by atoms with Gasteiger partial charge in [-0.1, -0.05) is 44.5 Å². The van der Waals surface area contributed by atoms with Crippen LogP contribution in [-0.2, 0) is 0 Å². The third kappa shape index (κ3) is 3.41. The van der Waals surface area contributed by atoms with E-state index in [-0.39, 0.29) is 17.1 Å². The van der Waals surface area contributed by atoms with Gasteiger partial charge >= 0.3 is 0 Å². The van der Waals surface area contributed by atoms with Gasteiger partial charge < -0.3 is 14.1 Å². The predicted molar refractivity (Wildman–Crippen MR) is 112 cm³/mol. The molecule has 3 aromatic rings. The van der Waals surface area contributed by atoms with Crippen molar-refractivity contribution in [3.8, 4) is 5.75 Å². The van der Waals surface area contributed by atoms with Crippen molar-refractivity contribution in [2.45, 2.75) is 39.2 Å². The molecular weight excluding hydrogens is 366 g/mol. The maximum atomic E-state index is 13.3. The van der Waals surface area contributed by atoms with Gasteiger partial charge in [0.1, 0.15) is 11.3 Å². The number of rotatable bonds is 7. The highest BCUT2D eigenvalue weighted by atomic mass is 16.5. The zero-order chi connectivity index (χ0) is 20.4. The minimum absolute atomic E-state index is 0.142. The van der Waals surface area contributed by atoms with Crippen molar-refractivity contribution in [2.75, 3.05) is 13.2 Å². The quantitative estimate of drug-likeness (QED) is 0.536. The molecule has 4 rings (SSSR count). The lowest BCUT2D eigenvalue weighted by molar-refractivity contribution is 0.0728. The number of hydrogen-bond acceptors (Lipinski definition) is 4. The highest BCUT2D eigenvalue weighted by Crippen LogP contribution is 2.39. The molecule has 0 saturated heterocycles. The Morgan fingerprint density at radius 1 is 1.03 bits per heavy atom. The van der Waals surface area contributed by atoms with Gasteiger partial charge in [0.15, 0.2) is 5.43 Å². The van der Waals surface area contributed by atoms with E-state index < -0.39 is 6.04 Å². The van der Waals surface area contributed by atoms with Gasteiger partial charge in [-0.05, 0) is 42.7 Å². The van der Waals surface area contributed by atoms with E-state index in [1.54, 1.807) is 23.1 Å². The van der Waals surface area contributed by atoms with Crippen LogP contribution in [0.1, 0.15) is 60.8 Å². The molecule has 1 aliphatic rings. The lowest BCUT2D eigenvalue weighted by Crippen LogP contribution is -2.30. The Hall–Kier alpha value is -3.08. The molecule has 0 saturated carbocycles. The third-order valence-corrected chi connectivity index (χ3v) is 5.28. The van der Waals surface area contributed by atoms with Crippen LogP contribution >= 0.6 is 0 Å². The second-order valence-corrected chi connectivity index (χ2v) is 7.35. The summed E-state index contributed by atoms with van der Waals surface area (Å²) in [7, 11) is 0. The van der Waals surface area contributed by atoms with Gasteiger partial charge in [-0.3, -0.25) is 9.59 Å². The second-order valence-electron chi connectivity index (χ2n) is 7.35. The highest BCUT2D eigenvalue weighted by molar-refractivity contribution is 5.99. The minimum atomic E-state index is -0.465. The monoisotopic (exact) mass is 391 g/mol. The van der Waals surface area contributed by atoms with Crippen LogP contribution in [0.15, 0.2) is 57.7 Å². The number of ether oxygens (including phenoxy) is 1. The van der Waals surface area contributed by atoms with Crippen LogP contribution < -0.4 is 10.2 Å². The molecule has 1 atom stereocenters. The molecule has 0 N–H and O–H groups in total. The average Bonchev–Trinajstić information content (AvgIpc) is 3.01. The van der Waals surface area contributed by atoms with E-state index in [1.165, 1.54) is 0 Å². The van der Waals surface area contributed by atoms with Crippen LogP contribution in [0.2, 0.25) is 0 Å². The maximum Gasteiger partial charge on any atom is 0.290 e. The summed E-state index contributed by atoms with van der Waals surface area (Å²) in [5, 5.41) is 0.498. The van der Waals surface area contributed by atoms with Crippen molar-refractivity contribution in [1.82, 2.24) is 4.90 Å². The van der Waals surface area contributed by atoms with Crippen molar-refractivity contribution < 1.29 is 13.9 Å². The molecule has 2 aromatic carbocycles. The summed E-state index contributed by atoms with van der Waals surface area (Å²) in [5.41, 5.74) is 1.59. The lowest BCUT2D eigenvalue weighted by Gasteiger charge is -2.25. The zero-order valence-electron chi connectivity index (χ0n) is 16.8. The molecule has 1 aromatic heterocycles. The maximum absolute atomic E-state index is 13.3. The summed E-state index contributed by atoms with van der Waals surface area (Å²) in [6, 6.07) is 14.3. The fourth-order valence-electron chi connectivity index (χ4n) is 3.89. The predicted octanol–water partition coefficient (Wildman–Crippen LogP) is 4.93. The standard InChI is InChI=1S/C24H25NO4/c1-3-5-14-28-17-10-8-9-16(15-17)21-20-22(26)18-11-6-7-12-19(18)29-23(20)24(27)25(21)13-4-2/h6-12,15,21H,3-5,13-14H2,1-2H3. The van der Waals surface area contributed by atoms with Crippen LogP contribution in [0.25, 0.3) is 11.0 Å². The number of nitrogens with zero attached hydrogens (tertiary/aromatic N) is 1. The normalized spacial score (nSPS) is 15.7. The Bertz CT molecular complexity index is 1100. The first-order valence-electron chi connectivity index (χ1n) is 10.2. The van der Waals surface area contributed by atoms with Crippen LogP contribution in [0.3, 0.4) is 0 Å². The fourth-order valence-corrected chi connectivity index (χ4v) is 3.89. The highest BCUT2D eigenvalue weighted by Gasteiger charge is 2.42. The molecule has 150 valence electrons. The third-order valence-electron chi connectivity index (χ3n) is 5.28. The number of carbonyl (C=O) groups excluding carboxylic acids is 1. The van der Waals surface area contributed by atoms with Gasteiger partial charge in [-0.25, -0.2) is 0 Å². The fraction of sp³-hybridized carbons (Fsp3) is 0.333. The molecule has 1 unspecified atom stereocenters. The van der Waals surface area contributed by atoms with E-state index in [4.69, 9.17) is 9.15 Å². The van der Waals surface area contributed by atoms with Gasteiger partial charge in [0.25, 0.3) is 5.91 Å². The van der Waals surface area contributed by atoms with E-state index in [2.05, 4.69) is 6.92 Å². The van der Waals surface area contributed by atoms with Crippen molar-refractivity contribution in [1.29, 1.82) is 0 Å². The van der Waals surface area contributed by atoms with Crippen molar-refractivity contribution >= 4 is 16.9 Å². The Labute approximate surface area is 169 Å². The number of para-hydroxylation sites is 1. The molecule has 5 nitrogen and oxygen atoms in total. The van der Waals surface area contributed by atoms with Gasteiger partial charge in [0.05, 0.1) is 23.6 Å². The largest absolute Gasteiger partial charge is 0.494 e. The van der Waals surface area contributed by atoms with Crippen molar-refractivity contribution in [3.63, 3.8) is 0 Å². The first-order valence-corrected chi connectivity index (χ1v) is 10.2. The number of benzene rings is 2. The van der Waals surface area contributed by atoms with Gasteiger partial charge in [-0.15, -0.1) is 0 Å². The van der Waals surface area contributed by atoms with Crippen LogP contribution in [0.4, 0.5) is 0 Å². The van der Waals surface area contributed by atoms with Crippen molar-refractivity contribution in [2.24, 2.45) is 0 Å². The molecule has 1 aliphatic heterocycles. The van der Waals surface area contributed by atoms with E-state index in [9.17, 15) is 9.59 Å². The summed E-state index contributed by atoms with van der Waals surface area (Å²) < 4.78 is 11.8. The first-order chi connectivity index (χ1) is 14.2. The second kappa shape index (κ2) is 8.11. The number of amides is 1. The SMILES string of the molecule is CCCCOc1cccc(C2c3c(oc4ccccc4c3=O)C(=O)N2CCC)c1. The average molecular weight is 391 g/mol. The molecule has 29 heavy (non-hydrogen) atoms. The zero-order valence-corrected chi connectivity index (χ0v) is 16.8. The number of unbranched alkanes of at least 4 members (excludes halogenated alkanes) is 1. The summed E-state index contributed by atoms with van der Waals surface area (Å²) in [6.07, 6.45) is 2.83. The molecule has 0 bridgehead atoms. The minimum Gasteiger partial charge on any atom is -0.494 e. The van der Waals surface area contributed by atoms with Crippen LogP contribution in [0.5, 0.6) is 5.75 Å². The summed E-state index contributed by atoms with van der Waals surface area (Å²) in [5.74, 6) is 0.676. The summed E-state index contributed by atoms with van der Waals surface area (Å²) >= 11 is 0. The van der Waals surface area contributed by atoms with E-state index in [1.807, 2.05) is 37.3 Å². The number of carbonyl (C=O) groups is 1. The first kappa shape index (κ1) is 19.2. The Morgan fingerprint density at radius 2 is 1.86 bits per heavy atom. The Balaban J connectivity index is 1.84. The lowest BCUT2D eigenvalue weighted by atomic mass is 9.98. The molecular formula is C24H25NO4. The topological polar surface area (TPSA) is 59.8 Å². The number of hydrogen-bond donors (Lipinski definition) is 0. The van der Waals surface area contributed by atoms with E-state index >= 15 is 0 Å². The van der Waals surface area contributed by atoms with E-state index in [0.29, 0.717) is 29.7 Å². The van der Waals surface area contributed by atoms with E-state index in [0.717, 1.165) is 30.6 Å². The smallest absolute Gasteiger partial charge is 0.290 e. The Morgan fingerprint density at radius 3 is 2.66 bits per heavy atom. The molecule has 5 heteroatoms. The molecule has 1 amide bonds. The molecule has 2 heterocycles. The molecule has 0 spiro atoms. The van der Waals surface area contributed by atoms with Gasteiger partial charge in [0, 0.05) is 6.54 Å². The van der Waals surface area contributed by atoms with Gasteiger partial charge in [0.2, 0.25) is 5.76 Å².